The van der Waals surface area contributed by atoms with Crippen LogP contribution in [0, 0.1) is 12.7 Å². The summed E-state index contributed by atoms with van der Waals surface area (Å²) in [5.41, 5.74) is 1.28. The quantitative estimate of drug-likeness (QED) is 0.342. The van der Waals surface area contributed by atoms with Crippen molar-refractivity contribution in [3.05, 3.63) is 47.6 Å². The number of ether oxygens (including phenoxy) is 4. The highest BCUT2D eigenvalue weighted by atomic mass is 32.2. The number of methoxy groups -OCH3 is 2. The van der Waals surface area contributed by atoms with Gasteiger partial charge in [-0.1, -0.05) is 5.16 Å². The summed E-state index contributed by atoms with van der Waals surface area (Å²) in [6, 6.07) is 8.36. The fraction of sp³-hybridized carbons (Fsp3) is 0.292. The molecule has 0 radical (unpaired) electrons. The van der Waals surface area contributed by atoms with Crippen molar-refractivity contribution in [2.75, 3.05) is 33.7 Å². The van der Waals surface area contributed by atoms with E-state index in [9.17, 15) is 4.79 Å². The molecule has 0 unspecified atom stereocenters. The van der Waals surface area contributed by atoms with Crippen LogP contribution in [0.4, 0.5) is 14.9 Å². The highest BCUT2D eigenvalue weighted by molar-refractivity contribution is 8.15. The maximum atomic E-state index is 15.9. The lowest BCUT2D eigenvalue weighted by Crippen LogP contribution is -2.17. The number of fused-ring (bicyclic) bond motifs is 1. The minimum absolute atomic E-state index is 0.0194. The fourth-order valence-electron chi connectivity index (χ4n) is 3.37. The average Bonchev–Trinajstić information content (AvgIpc) is 3.17. The highest BCUT2D eigenvalue weighted by Crippen LogP contribution is 2.43. The number of carbonyl (C=O) groups is 1. The Bertz CT molecular complexity index is 1320. The van der Waals surface area contributed by atoms with Gasteiger partial charge in [-0.3, -0.25) is 0 Å². The number of aromatic nitrogens is 2. The monoisotopic (exact) mass is 514 g/mol. The van der Waals surface area contributed by atoms with Crippen molar-refractivity contribution < 1.29 is 32.7 Å². The van der Waals surface area contributed by atoms with Crippen molar-refractivity contribution in [2.45, 2.75) is 13.3 Å². The zero-order chi connectivity index (χ0) is 25.7. The Morgan fingerprint density at radius 1 is 1.14 bits per heavy atom. The third kappa shape index (κ3) is 5.33. The Morgan fingerprint density at radius 3 is 2.47 bits per heavy atom. The number of thioether (sulfide) groups is 1. The first-order chi connectivity index (χ1) is 17.4. The van der Waals surface area contributed by atoms with E-state index < -0.39 is 11.9 Å². The third-order valence-corrected chi connectivity index (χ3v) is 5.73. The molecule has 36 heavy (non-hydrogen) atoms. The Balaban J connectivity index is 1.87. The molecule has 1 aliphatic heterocycles. The van der Waals surface area contributed by atoms with Gasteiger partial charge in [0.05, 0.1) is 33.1 Å². The van der Waals surface area contributed by atoms with Crippen LogP contribution in [-0.4, -0.2) is 60.7 Å². The fourth-order valence-corrected chi connectivity index (χ4v) is 3.88. The number of amides is 1. The van der Waals surface area contributed by atoms with Crippen LogP contribution < -0.4 is 14.2 Å². The molecule has 0 N–H and O–H groups in total. The summed E-state index contributed by atoms with van der Waals surface area (Å²) in [5, 5.41) is 4.04. The lowest BCUT2D eigenvalue weighted by molar-refractivity contribution is 0.183. The molecule has 2 heterocycles. The van der Waals surface area contributed by atoms with Gasteiger partial charge in [-0.15, -0.1) is 11.8 Å². The number of benzene rings is 2. The topological polar surface area (TPSA) is 118 Å². The average molecular weight is 515 g/mol. The summed E-state index contributed by atoms with van der Waals surface area (Å²) in [5.74, 6) is 0.506. The first-order valence-corrected chi connectivity index (χ1v) is 12.0. The number of halogens is 1. The molecule has 0 saturated heterocycles. The van der Waals surface area contributed by atoms with E-state index >= 15 is 4.39 Å². The molecule has 4 rings (SSSR count). The first-order valence-electron chi connectivity index (χ1n) is 10.8. The van der Waals surface area contributed by atoms with Crippen LogP contribution in [0.5, 0.6) is 17.2 Å². The van der Waals surface area contributed by atoms with Crippen LogP contribution in [0.3, 0.4) is 0 Å². The molecule has 0 saturated carbocycles. The number of carbonyl (C=O) groups excluding carboxylic acids is 1. The Hall–Kier alpha value is -3.93. The molecule has 1 amide bonds. The number of aryl methyl sites for hydroxylation is 1. The Kier molecular flexibility index (Phi) is 7.84. The first kappa shape index (κ1) is 25.2. The zero-order valence-electron chi connectivity index (χ0n) is 20.0. The molecule has 0 fully saturated rings. The minimum Gasteiger partial charge on any atom is -0.493 e. The SMILES string of the molecule is COC(=O)/N=C(SC)/C(=N\c1ccc(-c2noc(C)n2)cc1)c1cc(OC)c2c(c1F)OCCCO2. The summed E-state index contributed by atoms with van der Waals surface area (Å²) in [7, 11) is 2.65. The molecule has 0 aliphatic carbocycles. The van der Waals surface area contributed by atoms with E-state index in [1.54, 1.807) is 37.4 Å². The molecule has 3 aromatic rings. The van der Waals surface area contributed by atoms with Gasteiger partial charge in [0.15, 0.2) is 11.6 Å². The van der Waals surface area contributed by atoms with Gasteiger partial charge in [0.2, 0.25) is 23.2 Å². The van der Waals surface area contributed by atoms with Crippen molar-refractivity contribution in [1.82, 2.24) is 10.1 Å². The number of nitrogens with zero attached hydrogens (tertiary/aromatic N) is 4. The second-order valence-corrected chi connectivity index (χ2v) is 8.18. The van der Waals surface area contributed by atoms with Crippen LogP contribution in [0.1, 0.15) is 17.9 Å². The van der Waals surface area contributed by atoms with E-state index in [0.717, 1.165) is 11.8 Å². The van der Waals surface area contributed by atoms with E-state index in [4.69, 9.17) is 18.7 Å². The normalized spacial score (nSPS) is 13.8. The highest BCUT2D eigenvalue weighted by Gasteiger charge is 2.28. The van der Waals surface area contributed by atoms with Crippen LogP contribution >= 0.6 is 11.8 Å². The molecule has 0 bridgehead atoms. The Morgan fingerprint density at radius 2 is 1.86 bits per heavy atom. The van der Waals surface area contributed by atoms with Gasteiger partial charge in [-0.2, -0.15) is 9.98 Å². The van der Waals surface area contributed by atoms with Crippen LogP contribution in [-0.2, 0) is 4.74 Å². The molecule has 12 heteroatoms. The number of hydrogen-bond acceptors (Lipinski definition) is 10. The summed E-state index contributed by atoms with van der Waals surface area (Å²) in [4.78, 5) is 24.8. The van der Waals surface area contributed by atoms with Gasteiger partial charge < -0.3 is 23.5 Å². The maximum absolute atomic E-state index is 15.9. The molecular weight excluding hydrogens is 491 g/mol. The van der Waals surface area contributed by atoms with Crippen LogP contribution in [0.25, 0.3) is 11.4 Å². The van der Waals surface area contributed by atoms with Crippen molar-refractivity contribution in [3.63, 3.8) is 0 Å². The largest absolute Gasteiger partial charge is 0.493 e. The number of hydrogen-bond donors (Lipinski definition) is 0. The molecule has 188 valence electrons. The summed E-state index contributed by atoms with van der Waals surface area (Å²) in [6.07, 6.45) is 1.42. The van der Waals surface area contributed by atoms with Gasteiger partial charge in [-0.05, 0) is 36.6 Å². The predicted octanol–water partition coefficient (Wildman–Crippen LogP) is 5.00. The van der Waals surface area contributed by atoms with E-state index in [0.29, 0.717) is 36.0 Å². The summed E-state index contributed by atoms with van der Waals surface area (Å²) < 4.78 is 42.4. The van der Waals surface area contributed by atoms with E-state index in [1.807, 2.05) is 0 Å². The van der Waals surface area contributed by atoms with E-state index in [1.165, 1.54) is 20.3 Å². The lowest BCUT2D eigenvalue weighted by Gasteiger charge is -2.17. The van der Waals surface area contributed by atoms with E-state index in [2.05, 4.69) is 24.9 Å². The van der Waals surface area contributed by atoms with Crippen molar-refractivity contribution in [2.24, 2.45) is 9.98 Å². The van der Waals surface area contributed by atoms with Crippen molar-refractivity contribution in [1.29, 1.82) is 0 Å². The second-order valence-electron chi connectivity index (χ2n) is 7.38. The number of aliphatic imine (C=N–C) groups is 2. The van der Waals surface area contributed by atoms with Gasteiger partial charge in [0, 0.05) is 24.5 Å². The van der Waals surface area contributed by atoms with Crippen molar-refractivity contribution >= 4 is 34.3 Å². The lowest BCUT2D eigenvalue weighted by atomic mass is 10.1. The minimum atomic E-state index is -0.850. The molecule has 1 aromatic heterocycles. The third-order valence-electron chi connectivity index (χ3n) is 5.06. The van der Waals surface area contributed by atoms with Gasteiger partial charge in [-0.25, -0.2) is 14.2 Å². The molecule has 0 atom stereocenters. The van der Waals surface area contributed by atoms with E-state index in [-0.39, 0.29) is 40.2 Å². The van der Waals surface area contributed by atoms with Gasteiger partial charge >= 0.3 is 6.09 Å². The zero-order valence-corrected chi connectivity index (χ0v) is 20.8. The van der Waals surface area contributed by atoms with Gasteiger partial charge in [0.1, 0.15) is 10.8 Å². The predicted molar refractivity (Wildman–Crippen MR) is 133 cm³/mol. The molecular formula is C24H23FN4O6S. The molecule has 2 aromatic carbocycles. The maximum Gasteiger partial charge on any atom is 0.434 e. The molecule has 1 aliphatic rings. The number of rotatable bonds is 5. The smallest absolute Gasteiger partial charge is 0.434 e. The van der Waals surface area contributed by atoms with Crippen LogP contribution in [0.2, 0.25) is 0 Å². The summed E-state index contributed by atoms with van der Waals surface area (Å²) in [6.45, 7) is 2.32. The van der Waals surface area contributed by atoms with Gasteiger partial charge in [0.25, 0.3) is 0 Å². The summed E-state index contributed by atoms with van der Waals surface area (Å²) >= 11 is 1.11. The molecule has 10 nitrogen and oxygen atoms in total. The van der Waals surface area contributed by atoms with Crippen molar-refractivity contribution in [3.8, 4) is 28.6 Å². The second kappa shape index (κ2) is 11.2. The van der Waals surface area contributed by atoms with Crippen LogP contribution in [0.15, 0.2) is 44.8 Å². The standard InChI is InChI=1S/C24H23FN4O6S/c1-13-26-22(29-35-13)14-6-8-15(9-7-14)27-19(23(36-4)28-24(30)32-3)16-12-17(31-2)20-21(18(16)25)34-11-5-10-33-20/h6-9,12H,5,10-11H2,1-4H3/b27-19-,28-23-. The Labute approximate surface area is 210 Å². The molecule has 0 spiro atoms.